The van der Waals surface area contributed by atoms with Crippen molar-refractivity contribution in [3.05, 3.63) is 51.2 Å². The van der Waals surface area contributed by atoms with E-state index in [4.69, 9.17) is 26.8 Å². The highest BCUT2D eigenvalue weighted by atomic mass is 35.5. The number of hydrogen-bond acceptors (Lipinski definition) is 10. The lowest BCUT2D eigenvalue weighted by atomic mass is 9.94. The third kappa shape index (κ3) is 7.01. The Bertz CT molecular complexity index is 1660. The Kier molecular flexibility index (Phi) is 9.69. The molecular weight excluding hydrogens is 658 g/mol. The standard InChI is InChI=1S/C24H26ClF3N8O3.C7H12FN/c1-34(2)22(37)20-31-18-10-35(5-4-6-36(18)33-20)21-14-11-39-17(9-16(14)30-23(32-21)38-3)13-7-12(29)8-15(25)19(13)24(26,27)28;8-6-4-7-2-1-3-9(7)5-6/h7-8,17H,4-6,9-11,29H2,1-3H3;6-7H,1-5H2. The molecule has 48 heavy (non-hydrogen) atoms. The lowest BCUT2D eigenvalue weighted by Crippen LogP contribution is -2.29. The third-order valence-corrected chi connectivity index (χ3v) is 9.35. The SMILES string of the molecule is COc1nc2c(c(N3CCCn4nc(C(=O)N(C)C)nc4C3)n1)COC(c1cc(N)cc(Cl)c1C(F)(F)F)C2.FC1CC2CCCN2C1. The molecule has 7 rings (SSSR count). The molecule has 0 bridgehead atoms. The van der Waals surface area contributed by atoms with Crippen molar-refractivity contribution in [1.29, 1.82) is 0 Å². The average Bonchev–Trinajstić information content (AvgIpc) is 3.70. The van der Waals surface area contributed by atoms with Gasteiger partial charge in [-0.15, -0.1) is 5.10 Å². The number of hydrogen-bond donors (Lipinski definition) is 1. The fourth-order valence-electron chi connectivity index (χ4n) is 6.82. The first-order valence-corrected chi connectivity index (χ1v) is 16.2. The molecule has 0 radical (unpaired) electrons. The van der Waals surface area contributed by atoms with E-state index in [9.17, 15) is 22.4 Å². The summed E-state index contributed by atoms with van der Waals surface area (Å²) in [6.45, 7) is 3.25. The summed E-state index contributed by atoms with van der Waals surface area (Å²) in [6, 6.07) is 2.99. The van der Waals surface area contributed by atoms with E-state index in [0.29, 0.717) is 61.5 Å². The minimum atomic E-state index is -4.70. The Balaban J connectivity index is 0.000000381. The van der Waals surface area contributed by atoms with E-state index in [0.717, 1.165) is 19.0 Å². The first-order valence-electron chi connectivity index (χ1n) is 15.8. The molecule has 3 atom stereocenters. The fraction of sp³-hybridized carbons (Fsp3) is 0.581. The lowest BCUT2D eigenvalue weighted by Gasteiger charge is -2.31. The van der Waals surface area contributed by atoms with Gasteiger partial charge in [0, 0.05) is 57.4 Å². The third-order valence-electron chi connectivity index (χ3n) is 9.05. The van der Waals surface area contributed by atoms with Crippen LogP contribution in [0.3, 0.4) is 0 Å². The number of methoxy groups -OCH3 is 1. The van der Waals surface area contributed by atoms with Crippen LogP contribution < -0.4 is 15.4 Å². The van der Waals surface area contributed by atoms with Crippen molar-refractivity contribution >= 4 is 29.0 Å². The molecular formula is C31H38ClF4N9O3. The first kappa shape index (κ1) is 34.1. The summed E-state index contributed by atoms with van der Waals surface area (Å²) in [5, 5.41) is 3.87. The molecule has 260 valence electrons. The molecule has 2 N–H and O–H groups in total. The van der Waals surface area contributed by atoms with E-state index in [1.807, 2.05) is 4.90 Å². The number of carbonyl (C=O) groups excluding carboxylic acids is 1. The average molecular weight is 696 g/mol. The molecule has 1 amide bonds. The van der Waals surface area contributed by atoms with Crippen molar-refractivity contribution < 1.29 is 31.8 Å². The van der Waals surface area contributed by atoms with Crippen molar-refractivity contribution in [2.45, 2.75) is 76.3 Å². The molecule has 2 fully saturated rings. The van der Waals surface area contributed by atoms with Gasteiger partial charge < -0.3 is 25.0 Å². The van der Waals surface area contributed by atoms with Crippen molar-refractivity contribution in [2.24, 2.45) is 0 Å². The van der Waals surface area contributed by atoms with Gasteiger partial charge in [0.2, 0.25) is 5.82 Å². The smallest absolute Gasteiger partial charge is 0.418 e. The number of aryl methyl sites for hydroxylation is 1. The highest BCUT2D eigenvalue weighted by Gasteiger charge is 2.40. The van der Waals surface area contributed by atoms with E-state index in [1.54, 1.807) is 18.8 Å². The van der Waals surface area contributed by atoms with E-state index < -0.39 is 29.0 Å². The van der Waals surface area contributed by atoms with Gasteiger partial charge in [0.25, 0.3) is 5.91 Å². The molecule has 0 spiro atoms. The topological polar surface area (TPSA) is 128 Å². The van der Waals surface area contributed by atoms with E-state index >= 15 is 0 Å². The number of amides is 1. The minimum absolute atomic E-state index is 0.0234. The van der Waals surface area contributed by atoms with Crippen LogP contribution in [0.1, 0.15) is 70.6 Å². The molecule has 3 unspecified atom stereocenters. The summed E-state index contributed by atoms with van der Waals surface area (Å²) in [5.74, 6) is 0.908. The van der Waals surface area contributed by atoms with Gasteiger partial charge >= 0.3 is 12.2 Å². The molecule has 0 saturated carbocycles. The molecule has 3 aromatic rings. The first-order chi connectivity index (χ1) is 22.8. The van der Waals surface area contributed by atoms with Gasteiger partial charge in [-0.3, -0.25) is 9.69 Å². The maximum Gasteiger partial charge on any atom is 0.418 e. The van der Waals surface area contributed by atoms with Crippen LogP contribution in [0.5, 0.6) is 6.01 Å². The zero-order chi connectivity index (χ0) is 34.3. The molecule has 4 aliphatic rings. The Labute approximate surface area is 280 Å². The minimum Gasteiger partial charge on any atom is -0.467 e. The fourth-order valence-corrected chi connectivity index (χ4v) is 7.16. The Morgan fingerprint density at radius 1 is 1.15 bits per heavy atom. The number of nitrogens with zero attached hydrogens (tertiary/aromatic N) is 8. The molecule has 2 saturated heterocycles. The number of alkyl halides is 4. The number of halogens is 5. The number of ether oxygens (including phenoxy) is 2. The summed E-state index contributed by atoms with van der Waals surface area (Å²) in [4.78, 5) is 31.5. The van der Waals surface area contributed by atoms with Crippen LogP contribution in [0.25, 0.3) is 0 Å². The van der Waals surface area contributed by atoms with Gasteiger partial charge in [-0.1, -0.05) is 11.6 Å². The largest absolute Gasteiger partial charge is 0.467 e. The highest BCUT2D eigenvalue weighted by Crippen LogP contribution is 2.44. The molecule has 12 nitrogen and oxygen atoms in total. The number of fused-ring (bicyclic) bond motifs is 3. The van der Waals surface area contributed by atoms with E-state index in [2.05, 4.69) is 25.0 Å². The predicted octanol–water partition coefficient (Wildman–Crippen LogP) is 4.45. The summed E-state index contributed by atoms with van der Waals surface area (Å²) in [7, 11) is 4.67. The van der Waals surface area contributed by atoms with Gasteiger partial charge in [0.15, 0.2) is 0 Å². The molecule has 4 aliphatic heterocycles. The number of benzene rings is 1. The van der Waals surface area contributed by atoms with Crippen molar-refractivity contribution in [3.63, 3.8) is 0 Å². The second kappa shape index (κ2) is 13.6. The number of rotatable bonds is 4. The number of anilines is 2. The maximum atomic E-state index is 13.9. The van der Waals surface area contributed by atoms with Crippen LogP contribution >= 0.6 is 11.6 Å². The summed E-state index contributed by atoms with van der Waals surface area (Å²) >= 11 is 5.96. The number of carbonyl (C=O) groups is 1. The Morgan fingerprint density at radius 3 is 2.65 bits per heavy atom. The van der Waals surface area contributed by atoms with Gasteiger partial charge in [-0.25, -0.2) is 14.1 Å². The monoisotopic (exact) mass is 695 g/mol. The molecule has 1 aromatic carbocycles. The van der Waals surface area contributed by atoms with Crippen LogP contribution in [0.4, 0.5) is 29.1 Å². The van der Waals surface area contributed by atoms with Gasteiger partial charge in [0.1, 0.15) is 17.8 Å². The Morgan fingerprint density at radius 2 is 1.94 bits per heavy atom. The van der Waals surface area contributed by atoms with Crippen LogP contribution in [0, 0.1) is 0 Å². The maximum absolute atomic E-state index is 13.9. The normalized spacial score (nSPS) is 22.2. The number of nitrogen functional groups attached to an aromatic ring is 1. The summed E-state index contributed by atoms with van der Waals surface area (Å²) in [5.41, 5.74) is 5.92. The summed E-state index contributed by atoms with van der Waals surface area (Å²) in [6.07, 6.45) is -2.17. The molecule has 0 aliphatic carbocycles. The Hall–Kier alpha value is -3.76. The van der Waals surface area contributed by atoms with Crippen LogP contribution in [0.2, 0.25) is 5.02 Å². The van der Waals surface area contributed by atoms with Crippen molar-refractivity contribution in [2.75, 3.05) is 51.5 Å². The van der Waals surface area contributed by atoms with E-state index in [1.165, 1.54) is 30.9 Å². The summed E-state index contributed by atoms with van der Waals surface area (Å²) < 4.78 is 67.3. The second-order valence-corrected chi connectivity index (χ2v) is 13.0. The van der Waals surface area contributed by atoms with Gasteiger partial charge in [-0.05, 0) is 49.9 Å². The molecule has 2 aromatic heterocycles. The van der Waals surface area contributed by atoms with E-state index in [-0.39, 0.29) is 42.0 Å². The lowest BCUT2D eigenvalue weighted by molar-refractivity contribution is -0.139. The number of aromatic nitrogens is 5. The highest BCUT2D eigenvalue weighted by molar-refractivity contribution is 6.31. The zero-order valence-electron chi connectivity index (χ0n) is 26.9. The molecule has 17 heteroatoms. The predicted molar refractivity (Wildman–Crippen MR) is 168 cm³/mol. The second-order valence-electron chi connectivity index (χ2n) is 12.6. The number of nitrogens with two attached hydrogens (primary N) is 1. The van der Waals surface area contributed by atoms with Crippen molar-refractivity contribution in [3.8, 4) is 6.01 Å². The van der Waals surface area contributed by atoms with Crippen LogP contribution in [-0.2, 0) is 37.0 Å². The van der Waals surface area contributed by atoms with Crippen molar-refractivity contribution in [1.82, 2.24) is 34.5 Å². The quantitative estimate of drug-likeness (QED) is 0.309. The van der Waals surface area contributed by atoms with Crippen LogP contribution in [-0.4, -0.2) is 93.5 Å². The van der Waals surface area contributed by atoms with Gasteiger partial charge in [-0.2, -0.15) is 23.1 Å². The van der Waals surface area contributed by atoms with Crippen LogP contribution in [0.15, 0.2) is 12.1 Å². The zero-order valence-corrected chi connectivity index (χ0v) is 27.7. The van der Waals surface area contributed by atoms with Gasteiger partial charge in [0.05, 0.1) is 42.6 Å². The molecule has 6 heterocycles.